The van der Waals surface area contributed by atoms with Crippen molar-refractivity contribution in [1.29, 1.82) is 0 Å². The van der Waals surface area contributed by atoms with Crippen LogP contribution in [-0.4, -0.2) is 4.98 Å². The lowest BCUT2D eigenvalue weighted by Gasteiger charge is -1.95. The van der Waals surface area contributed by atoms with Crippen molar-refractivity contribution in [3.05, 3.63) is 29.9 Å². The fourth-order valence-electron chi connectivity index (χ4n) is 1.19. The van der Waals surface area contributed by atoms with Gasteiger partial charge in [0.1, 0.15) is 0 Å². The number of aromatic nitrogens is 1. The van der Waals surface area contributed by atoms with Crippen molar-refractivity contribution in [2.45, 2.75) is 0 Å². The number of nitrogen functional groups attached to an aromatic ring is 1. The van der Waals surface area contributed by atoms with E-state index in [9.17, 15) is 0 Å². The topological polar surface area (TPSA) is 38.9 Å². The molecule has 0 saturated carbocycles. The maximum absolute atomic E-state index is 5.77. The van der Waals surface area contributed by atoms with Gasteiger partial charge in [-0.1, -0.05) is 12.7 Å². The number of anilines is 1. The standard InChI is InChI=1S/C9H8N2S/c1-2-6-5-12-8-4-11-3-7(10)9(6)8/h2-5H,1,10H2. The first-order valence-corrected chi connectivity index (χ1v) is 4.44. The molecule has 2 aromatic rings. The maximum atomic E-state index is 5.77. The fourth-order valence-corrected chi connectivity index (χ4v) is 2.13. The van der Waals surface area contributed by atoms with Crippen LogP contribution in [0, 0.1) is 0 Å². The molecule has 0 saturated heterocycles. The number of hydrogen-bond acceptors (Lipinski definition) is 3. The van der Waals surface area contributed by atoms with Crippen molar-refractivity contribution in [3.63, 3.8) is 0 Å². The number of nitrogens with two attached hydrogens (primary N) is 1. The van der Waals surface area contributed by atoms with Gasteiger partial charge in [0.15, 0.2) is 0 Å². The van der Waals surface area contributed by atoms with Gasteiger partial charge in [0.05, 0.1) is 16.6 Å². The van der Waals surface area contributed by atoms with E-state index >= 15 is 0 Å². The van der Waals surface area contributed by atoms with E-state index in [-0.39, 0.29) is 0 Å². The summed E-state index contributed by atoms with van der Waals surface area (Å²) in [6.07, 6.45) is 5.31. The van der Waals surface area contributed by atoms with Crippen LogP contribution in [-0.2, 0) is 0 Å². The highest BCUT2D eigenvalue weighted by Gasteiger charge is 2.03. The first kappa shape index (κ1) is 7.31. The second-order valence-electron chi connectivity index (χ2n) is 2.50. The molecule has 0 aliphatic rings. The lowest BCUT2D eigenvalue weighted by molar-refractivity contribution is 1.37. The highest BCUT2D eigenvalue weighted by Crippen LogP contribution is 2.29. The molecule has 2 heterocycles. The molecule has 12 heavy (non-hydrogen) atoms. The van der Waals surface area contributed by atoms with Crippen molar-refractivity contribution < 1.29 is 0 Å². The molecule has 0 bridgehead atoms. The minimum Gasteiger partial charge on any atom is -0.397 e. The zero-order valence-corrected chi connectivity index (χ0v) is 7.27. The Labute approximate surface area is 74.4 Å². The molecule has 2 nitrogen and oxygen atoms in total. The van der Waals surface area contributed by atoms with Crippen molar-refractivity contribution in [1.82, 2.24) is 4.98 Å². The largest absolute Gasteiger partial charge is 0.397 e. The van der Waals surface area contributed by atoms with Crippen LogP contribution in [0.25, 0.3) is 16.2 Å². The number of thiophene rings is 1. The third-order valence-corrected chi connectivity index (χ3v) is 2.70. The Bertz CT molecular complexity index is 431. The average Bonchev–Trinajstić information content (AvgIpc) is 2.49. The predicted octanol–water partition coefficient (Wildman–Crippen LogP) is 2.52. The van der Waals surface area contributed by atoms with Gasteiger partial charge >= 0.3 is 0 Å². The molecule has 0 aromatic carbocycles. The summed E-state index contributed by atoms with van der Waals surface area (Å²) in [6, 6.07) is 0. The maximum Gasteiger partial charge on any atom is 0.0594 e. The van der Waals surface area contributed by atoms with E-state index in [1.807, 2.05) is 17.7 Å². The van der Waals surface area contributed by atoms with Crippen LogP contribution in [0.5, 0.6) is 0 Å². The van der Waals surface area contributed by atoms with Gasteiger partial charge in [0.25, 0.3) is 0 Å². The molecular formula is C9H8N2S. The van der Waals surface area contributed by atoms with Gasteiger partial charge in [-0.2, -0.15) is 0 Å². The van der Waals surface area contributed by atoms with Crippen LogP contribution in [0.4, 0.5) is 5.69 Å². The van der Waals surface area contributed by atoms with E-state index in [4.69, 9.17) is 5.73 Å². The fraction of sp³-hybridized carbons (Fsp3) is 0. The summed E-state index contributed by atoms with van der Waals surface area (Å²) in [6.45, 7) is 3.73. The van der Waals surface area contributed by atoms with Crippen molar-refractivity contribution in [2.24, 2.45) is 0 Å². The third kappa shape index (κ3) is 0.905. The summed E-state index contributed by atoms with van der Waals surface area (Å²) < 4.78 is 1.12. The smallest absolute Gasteiger partial charge is 0.0594 e. The molecular weight excluding hydrogens is 168 g/mol. The summed E-state index contributed by atoms with van der Waals surface area (Å²) in [5, 5.41) is 3.11. The monoisotopic (exact) mass is 176 g/mol. The summed E-state index contributed by atoms with van der Waals surface area (Å²) in [7, 11) is 0. The molecule has 3 heteroatoms. The molecule has 60 valence electrons. The molecule has 0 fully saturated rings. The molecule has 2 N–H and O–H groups in total. The second-order valence-corrected chi connectivity index (χ2v) is 3.41. The molecule has 0 amide bonds. The lowest BCUT2D eigenvalue weighted by atomic mass is 10.2. The third-order valence-electron chi connectivity index (χ3n) is 1.76. The molecule has 2 aromatic heterocycles. The highest BCUT2D eigenvalue weighted by molar-refractivity contribution is 7.17. The normalized spacial score (nSPS) is 10.3. The van der Waals surface area contributed by atoms with Crippen molar-refractivity contribution in [2.75, 3.05) is 5.73 Å². The Kier molecular flexibility index (Phi) is 1.59. The van der Waals surface area contributed by atoms with Gasteiger partial charge in [-0.25, -0.2) is 0 Å². The highest BCUT2D eigenvalue weighted by atomic mass is 32.1. The number of pyridine rings is 1. The van der Waals surface area contributed by atoms with Crippen molar-refractivity contribution >= 4 is 33.2 Å². The average molecular weight is 176 g/mol. The van der Waals surface area contributed by atoms with Gasteiger partial charge in [-0.15, -0.1) is 11.3 Å². The van der Waals surface area contributed by atoms with Gasteiger partial charge < -0.3 is 5.73 Å². The summed E-state index contributed by atoms with van der Waals surface area (Å²) in [4.78, 5) is 4.01. The zero-order valence-electron chi connectivity index (χ0n) is 6.45. The van der Waals surface area contributed by atoms with E-state index in [1.54, 1.807) is 17.5 Å². The zero-order chi connectivity index (χ0) is 8.55. The van der Waals surface area contributed by atoms with Crippen LogP contribution in [0.15, 0.2) is 24.4 Å². The SMILES string of the molecule is C=Cc1csc2cncc(N)c12. The number of hydrogen-bond donors (Lipinski definition) is 1. The summed E-state index contributed by atoms with van der Waals surface area (Å²) in [5.74, 6) is 0. The Morgan fingerprint density at radius 1 is 1.50 bits per heavy atom. The van der Waals surface area contributed by atoms with E-state index in [1.165, 1.54) is 0 Å². The van der Waals surface area contributed by atoms with Gasteiger partial charge in [0.2, 0.25) is 0 Å². The van der Waals surface area contributed by atoms with Gasteiger partial charge in [0, 0.05) is 11.6 Å². The summed E-state index contributed by atoms with van der Waals surface area (Å²) >= 11 is 1.64. The molecule has 0 aliphatic heterocycles. The van der Waals surface area contributed by atoms with Gasteiger partial charge in [-0.3, -0.25) is 4.98 Å². The quantitative estimate of drug-likeness (QED) is 0.725. The predicted molar refractivity (Wildman–Crippen MR) is 54.1 cm³/mol. The molecule has 0 atom stereocenters. The molecule has 0 aliphatic carbocycles. The van der Waals surface area contributed by atoms with E-state index in [0.717, 1.165) is 21.3 Å². The molecule has 0 spiro atoms. The van der Waals surface area contributed by atoms with Gasteiger partial charge in [-0.05, 0) is 10.9 Å². The van der Waals surface area contributed by atoms with Crippen LogP contribution in [0.2, 0.25) is 0 Å². The van der Waals surface area contributed by atoms with E-state index in [2.05, 4.69) is 11.6 Å². The Hall–Kier alpha value is -1.35. The first-order chi connectivity index (χ1) is 5.83. The lowest BCUT2D eigenvalue weighted by Crippen LogP contribution is -1.86. The van der Waals surface area contributed by atoms with E-state index in [0.29, 0.717) is 0 Å². The Balaban J connectivity index is 2.91. The first-order valence-electron chi connectivity index (χ1n) is 3.56. The Morgan fingerprint density at radius 2 is 2.33 bits per heavy atom. The Morgan fingerprint density at radius 3 is 3.08 bits per heavy atom. The van der Waals surface area contributed by atoms with E-state index < -0.39 is 0 Å². The molecule has 2 rings (SSSR count). The van der Waals surface area contributed by atoms with Crippen LogP contribution in [0.3, 0.4) is 0 Å². The number of fused-ring (bicyclic) bond motifs is 1. The number of nitrogens with zero attached hydrogens (tertiary/aromatic N) is 1. The van der Waals surface area contributed by atoms with Crippen LogP contribution >= 0.6 is 11.3 Å². The van der Waals surface area contributed by atoms with Crippen molar-refractivity contribution in [3.8, 4) is 0 Å². The minimum absolute atomic E-state index is 0.726. The second kappa shape index (κ2) is 2.60. The van der Waals surface area contributed by atoms with Crippen LogP contribution < -0.4 is 5.73 Å². The minimum atomic E-state index is 0.726. The number of rotatable bonds is 1. The van der Waals surface area contributed by atoms with Crippen LogP contribution in [0.1, 0.15) is 5.56 Å². The molecule has 0 unspecified atom stereocenters. The summed E-state index contributed by atoms with van der Waals surface area (Å²) in [5.41, 5.74) is 7.59. The molecule has 0 radical (unpaired) electrons.